The number of carbonyl (C=O) groups is 3. The molecule has 17 heteroatoms. The third kappa shape index (κ3) is 10.2. The van der Waals surface area contributed by atoms with Gasteiger partial charge in [0.2, 0.25) is 0 Å². The van der Waals surface area contributed by atoms with E-state index < -0.39 is 41.6 Å². The third-order valence-electron chi connectivity index (χ3n) is 6.20. The minimum absolute atomic E-state index is 0.0424. The highest BCUT2D eigenvalue weighted by Crippen LogP contribution is 2.26. The van der Waals surface area contributed by atoms with Crippen LogP contribution in [0.25, 0.3) is 5.69 Å². The zero-order valence-corrected chi connectivity index (χ0v) is 27.4. The molecule has 4 rings (SSSR count). The number of amides is 2. The molecule has 2 N–H and O–H groups in total. The van der Waals surface area contributed by atoms with Crippen molar-refractivity contribution in [2.24, 2.45) is 0 Å². The summed E-state index contributed by atoms with van der Waals surface area (Å²) in [6.07, 6.45) is -1.32. The summed E-state index contributed by atoms with van der Waals surface area (Å²) < 4.78 is 55.2. The first-order valence-corrected chi connectivity index (χ1v) is 14.8. The number of halogens is 5. The Morgan fingerprint density at radius 3 is 2.23 bits per heavy atom. The maximum Gasteiger partial charge on any atom is 0.417 e. The van der Waals surface area contributed by atoms with Crippen molar-refractivity contribution in [1.82, 2.24) is 14.3 Å². The van der Waals surface area contributed by atoms with Gasteiger partial charge >= 0.3 is 30.4 Å². The van der Waals surface area contributed by atoms with Gasteiger partial charge in [-0.05, 0) is 68.3 Å². The second-order valence-electron chi connectivity index (χ2n) is 9.74. The summed E-state index contributed by atoms with van der Waals surface area (Å²) in [4.78, 5) is 46.7. The molecule has 0 aliphatic rings. The fourth-order valence-electron chi connectivity index (χ4n) is 4.05. The highest BCUT2D eigenvalue weighted by molar-refractivity contribution is 6.32. The molecule has 256 valence electrons. The summed E-state index contributed by atoms with van der Waals surface area (Å²) in [6, 6.07) is 15.8. The van der Waals surface area contributed by atoms with Crippen LogP contribution in [0.1, 0.15) is 30.4 Å². The van der Waals surface area contributed by atoms with E-state index in [1.807, 2.05) is 25.1 Å². The molecule has 0 saturated carbocycles. The molecule has 1 atom stereocenters. The second kappa shape index (κ2) is 17.2. The van der Waals surface area contributed by atoms with E-state index in [-0.39, 0.29) is 39.7 Å². The average Bonchev–Trinajstić information content (AvgIpc) is 3.32. The van der Waals surface area contributed by atoms with Gasteiger partial charge in [-0.25, -0.2) is 23.3 Å². The summed E-state index contributed by atoms with van der Waals surface area (Å²) in [5.74, 6) is -1.62. The van der Waals surface area contributed by atoms with Crippen LogP contribution in [0.5, 0.6) is 5.75 Å². The van der Waals surface area contributed by atoms with Crippen LogP contribution < -0.4 is 21.1 Å². The number of nitrogens with zero attached hydrogens (tertiary/aromatic N) is 3. The number of carbonyl (C=O) groups excluding carboxylic acids is 3. The van der Waals surface area contributed by atoms with E-state index in [2.05, 4.69) is 20.5 Å². The number of aryl methyl sites for hydroxylation is 2. The quantitative estimate of drug-likeness (QED) is 0.139. The fourth-order valence-corrected chi connectivity index (χ4v) is 4.50. The Hall–Kier alpha value is -5.02. The maximum absolute atomic E-state index is 14.2. The average molecular weight is 713 g/mol. The minimum Gasteiger partial charge on any atom is -0.465 e. The first-order chi connectivity index (χ1) is 22.7. The molecule has 1 aromatic heterocycles. The predicted molar refractivity (Wildman–Crippen MR) is 172 cm³/mol. The molecule has 12 nitrogen and oxygen atoms in total. The standard InChI is InChI=1S/C16H16N2O4.C15H14Cl2F3N3O3/c1-11-5-3-6-12(9-11)18-16(20)22-14-8-4-7-13(10-14)17-15(19)21-2;1-3-26-13(24)10(17)4-8-5-12(11(18)6-9(8)16)23-15(25)22(14(19)20)7(2)21-23/h3-10H,1-2H3,(H,17,19)(H,18,20);5-6,10,14H,3-4H2,1-2H3. The molecule has 0 bridgehead atoms. The number of nitrogens with one attached hydrogen (secondary N) is 2. The normalized spacial score (nSPS) is 11.2. The van der Waals surface area contributed by atoms with Gasteiger partial charge in [-0.1, -0.05) is 29.8 Å². The van der Waals surface area contributed by atoms with E-state index in [0.29, 0.717) is 21.8 Å². The number of ether oxygens (including phenoxy) is 3. The van der Waals surface area contributed by atoms with Crippen LogP contribution in [0.2, 0.25) is 5.02 Å². The van der Waals surface area contributed by atoms with Crippen molar-refractivity contribution in [1.29, 1.82) is 0 Å². The zero-order chi connectivity index (χ0) is 35.5. The van der Waals surface area contributed by atoms with Gasteiger partial charge < -0.3 is 14.2 Å². The van der Waals surface area contributed by atoms with Gasteiger partial charge in [0.25, 0.3) is 0 Å². The lowest BCUT2D eigenvalue weighted by Gasteiger charge is -2.12. The van der Waals surface area contributed by atoms with E-state index in [0.717, 1.165) is 17.7 Å². The van der Waals surface area contributed by atoms with Gasteiger partial charge in [0, 0.05) is 28.9 Å². The van der Waals surface area contributed by atoms with Crippen molar-refractivity contribution in [3.8, 4) is 11.4 Å². The van der Waals surface area contributed by atoms with Gasteiger partial charge in [0.15, 0.2) is 5.82 Å². The monoisotopic (exact) mass is 711 g/mol. The molecule has 0 spiro atoms. The Morgan fingerprint density at radius 1 is 0.979 bits per heavy atom. The Labute approximate surface area is 282 Å². The molecule has 0 saturated heterocycles. The van der Waals surface area contributed by atoms with Gasteiger partial charge in [0.05, 0.1) is 13.7 Å². The van der Waals surface area contributed by atoms with Gasteiger partial charge in [0.1, 0.15) is 22.6 Å². The molecule has 2 amide bonds. The number of hydrogen-bond acceptors (Lipinski definition) is 8. The number of aromatic nitrogens is 3. The van der Waals surface area contributed by atoms with E-state index in [1.165, 1.54) is 20.1 Å². The highest BCUT2D eigenvalue weighted by atomic mass is 35.5. The Morgan fingerprint density at radius 2 is 1.62 bits per heavy atom. The van der Waals surface area contributed by atoms with E-state index in [1.54, 1.807) is 31.2 Å². The van der Waals surface area contributed by atoms with E-state index in [4.69, 9.17) is 32.7 Å². The van der Waals surface area contributed by atoms with Crippen molar-refractivity contribution < 1.29 is 41.8 Å². The van der Waals surface area contributed by atoms with Crippen LogP contribution in [-0.2, 0) is 20.7 Å². The van der Waals surface area contributed by atoms with E-state index >= 15 is 0 Å². The molecular weight excluding hydrogens is 682 g/mol. The number of benzene rings is 3. The molecular formula is C31H30Cl2F3N5O7. The first kappa shape index (κ1) is 37.4. The lowest BCUT2D eigenvalue weighted by atomic mass is 10.1. The summed E-state index contributed by atoms with van der Waals surface area (Å²) in [5, 5.41) is 7.64. The second-order valence-corrected chi connectivity index (χ2v) is 10.7. The number of methoxy groups -OCH3 is 1. The van der Waals surface area contributed by atoms with Crippen LogP contribution in [-0.4, -0.2) is 51.6 Å². The first-order valence-electron chi connectivity index (χ1n) is 14.0. The van der Waals surface area contributed by atoms with E-state index in [9.17, 15) is 32.3 Å². The van der Waals surface area contributed by atoms with Crippen molar-refractivity contribution >= 4 is 52.7 Å². The van der Waals surface area contributed by atoms with Gasteiger partial charge in [-0.3, -0.25) is 15.4 Å². The summed E-state index contributed by atoms with van der Waals surface area (Å²) >= 11 is 11.9. The number of alkyl halides is 3. The zero-order valence-electron chi connectivity index (χ0n) is 25.9. The number of esters is 1. The number of anilines is 2. The summed E-state index contributed by atoms with van der Waals surface area (Å²) in [6.45, 7) is 1.73. The van der Waals surface area contributed by atoms with Crippen LogP contribution in [0.3, 0.4) is 0 Å². The Kier molecular flexibility index (Phi) is 13.4. The summed E-state index contributed by atoms with van der Waals surface area (Å²) in [5.41, 5.74) is 0.776. The highest BCUT2D eigenvalue weighted by Gasteiger charge is 2.23. The van der Waals surface area contributed by atoms with Gasteiger partial charge in [-0.15, -0.1) is 16.7 Å². The van der Waals surface area contributed by atoms with Crippen molar-refractivity contribution in [2.45, 2.75) is 39.1 Å². The van der Waals surface area contributed by atoms with Crippen LogP contribution in [0.15, 0.2) is 65.5 Å². The molecule has 0 aliphatic carbocycles. The minimum atomic E-state index is -3.12. The van der Waals surface area contributed by atoms with Crippen molar-refractivity contribution in [2.75, 3.05) is 24.4 Å². The topological polar surface area (TPSA) is 143 Å². The van der Waals surface area contributed by atoms with Crippen molar-refractivity contribution in [3.63, 3.8) is 0 Å². The SMILES string of the molecule is CCOC(=O)C(Cl)Cc1cc(-n2nc(C)n(C(F)F)c2=O)c(F)cc1Cl.COC(=O)Nc1cccc(OC(=O)Nc2cccc(C)c2)c1. The maximum atomic E-state index is 14.2. The molecule has 3 aromatic carbocycles. The molecule has 48 heavy (non-hydrogen) atoms. The molecule has 4 aromatic rings. The smallest absolute Gasteiger partial charge is 0.417 e. The lowest BCUT2D eigenvalue weighted by molar-refractivity contribution is -0.142. The van der Waals surface area contributed by atoms with Gasteiger partial charge in [-0.2, -0.15) is 13.5 Å². The Balaban J connectivity index is 0.000000264. The largest absolute Gasteiger partial charge is 0.465 e. The third-order valence-corrected chi connectivity index (χ3v) is 6.89. The predicted octanol–water partition coefficient (Wildman–Crippen LogP) is 7.03. The number of hydrogen-bond donors (Lipinski definition) is 2. The molecule has 1 unspecified atom stereocenters. The fraction of sp³-hybridized carbons (Fsp3) is 0.258. The Bertz CT molecular complexity index is 1830. The lowest BCUT2D eigenvalue weighted by Crippen LogP contribution is -2.25. The molecule has 0 radical (unpaired) electrons. The van der Waals surface area contributed by atoms with Crippen molar-refractivity contribution in [3.05, 3.63) is 98.9 Å². The molecule has 0 aliphatic heterocycles. The number of rotatable bonds is 9. The molecule has 0 fully saturated rings. The van der Waals surface area contributed by atoms with Crippen LogP contribution >= 0.6 is 23.2 Å². The summed E-state index contributed by atoms with van der Waals surface area (Å²) in [7, 11) is 1.27. The van der Waals surface area contributed by atoms with Crippen LogP contribution in [0.4, 0.5) is 34.1 Å². The molecule has 1 heterocycles. The van der Waals surface area contributed by atoms with Crippen LogP contribution in [0, 0.1) is 19.7 Å².